The lowest BCUT2D eigenvalue weighted by atomic mass is 9.97. The van der Waals surface area contributed by atoms with Gasteiger partial charge in [-0.25, -0.2) is 0 Å². The van der Waals surface area contributed by atoms with E-state index in [1.54, 1.807) is 13.8 Å². The van der Waals surface area contributed by atoms with Crippen molar-refractivity contribution in [1.82, 2.24) is 79.8 Å². The minimum atomic E-state index is -1.68. The third-order valence-corrected chi connectivity index (χ3v) is 16.5. The molecule has 16 atom stereocenters. The van der Waals surface area contributed by atoms with Crippen molar-refractivity contribution in [1.29, 1.82) is 0 Å². The molecule has 0 bridgehead atoms. The van der Waals surface area contributed by atoms with Crippen molar-refractivity contribution >= 4 is 145 Å². The summed E-state index contributed by atoms with van der Waals surface area (Å²) in [6.45, 7) is 8.60. The molecule has 2 rings (SSSR count). The molecule has 1 heterocycles. The second-order valence-corrected chi connectivity index (χ2v) is 24.5. The molecule has 36 nitrogen and oxygen atoms in total. The Morgan fingerprint density at radius 3 is 1.36 bits per heavy atom. The van der Waals surface area contributed by atoms with Gasteiger partial charge in [0.05, 0.1) is 31.3 Å². The van der Waals surface area contributed by atoms with Crippen LogP contribution in [0, 0.1) is 5.92 Å². The summed E-state index contributed by atoms with van der Waals surface area (Å²) in [6, 6.07) is -13.0. The Hall–Kier alpha value is -8.18. The van der Waals surface area contributed by atoms with E-state index in [9.17, 15) is 97.1 Å². The Balaban J connectivity index is 2.19. The average molecular weight is 1460 g/mol. The van der Waals surface area contributed by atoms with Crippen LogP contribution in [0.25, 0.3) is 0 Å². The van der Waals surface area contributed by atoms with Crippen molar-refractivity contribution in [2.75, 3.05) is 42.6 Å². The van der Waals surface area contributed by atoms with Gasteiger partial charge in [0, 0.05) is 35.9 Å². The smallest absolute Gasteiger partial charge is 0.303 e. The minimum absolute atomic E-state index is 0.139. The second-order valence-electron chi connectivity index (χ2n) is 23.0. The molecule has 0 aliphatic carbocycles. The first-order chi connectivity index (χ1) is 46.0. The Morgan fingerprint density at radius 1 is 0.490 bits per heavy atom. The van der Waals surface area contributed by atoms with Gasteiger partial charge >= 0.3 is 5.97 Å². The normalized spacial score (nSPS) is 17.1. The van der Waals surface area contributed by atoms with E-state index in [4.69, 9.17) is 5.73 Å². The largest absolute Gasteiger partial charge is 0.508 e. The van der Waals surface area contributed by atoms with Gasteiger partial charge in [-0.1, -0.05) is 32.4 Å². The fraction of sp³-hybridized carbons (Fsp3) is 0.621. The number of aromatic hydroxyl groups is 1. The molecule has 98 heavy (non-hydrogen) atoms. The van der Waals surface area contributed by atoms with E-state index in [1.165, 1.54) is 52.0 Å². The zero-order valence-corrected chi connectivity index (χ0v) is 58.5. The molecule has 15 amide bonds. The SMILES string of the molecule is CC[C@H](C)[C@H](NC(=O)[C@H](CCC(=O)O)NC(=O)[C@H](CS)NC(=O)[C@@H](NC(=O)CNC(=O)[C@@H]1CCCN1)[C@@H](C)O)C(=O)N[C@@H](CS)C(=O)N[C@@H](C)C(=O)N[C@@H](Cc1ccc(O)cc1)C(=O)N[C@@H](C)C(=O)N[C@@H](C)C(=O)N[C@@H](CS)C(=O)N[C@H](C(=O)NCC(=O)N[C@@H](CS)C(N)=O)[C@@H](C)O. The first-order valence-electron chi connectivity index (χ1n) is 31.0. The van der Waals surface area contributed by atoms with Crippen molar-refractivity contribution in [3.63, 3.8) is 0 Å². The van der Waals surface area contributed by atoms with E-state index in [1.807, 2.05) is 0 Å². The van der Waals surface area contributed by atoms with Crippen LogP contribution in [0.15, 0.2) is 24.3 Å². The van der Waals surface area contributed by atoms with Crippen LogP contribution in [0.5, 0.6) is 5.75 Å². The highest BCUT2D eigenvalue weighted by Crippen LogP contribution is 2.14. The van der Waals surface area contributed by atoms with E-state index in [-0.39, 0.29) is 30.1 Å². The fourth-order valence-corrected chi connectivity index (χ4v) is 9.96. The van der Waals surface area contributed by atoms with Gasteiger partial charge in [-0.2, -0.15) is 50.5 Å². The third kappa shape index (κ3) is 29.5. The van der Waals surface area contributed by atoms with Gasteiger partial charge in [-0.3, -0.25) is 76.7 Å². The van der Waals surface area contributed by atoms with Crippen LogP contribution in [0.1, 0.15) is 86.1 Å². The van der Waals surface area contributed by atoms with Crippen molar-refractivity contribution in [2.45, 2.75) is 178 Å². The van der Waals surface area contributed by atoms with Crippen LogP contribution < -0.4 is 85.5 Å². The summed E-state index contributed by atoms with van der Waals surface area (Å²) in [5.41, 5.74) is 5.57. The van der Waals surface area contributed by atoms with Crippen LogP contribution in [0.2, 0.25) is 0 Å². The van der Waals surface area contributed by atoms with E-state index in [2.05, 4.69) is 130 Å². The number of nitrogens with two attached hydrogens (primary N) is 1. The molecule has 1 aromatic carbocycles. The second kappa shape index (κ2) is 43.3. The number of carboxylic acids is 1. The molecule has 1 saturated heterocycles. The Labute approximate surface area is 586 Å². The van der Waals surface area contributed by atoms with Crippen LogP contribution in [0.4, 0.5) is 0 Å². The number of thiol groups is 4. The van der Waals surface area contributed by atoms with E-state index in [0.717, 1.165) is 13.3 Å². The zero-order valence-electron chi connectivity index (χ0n) is 54.9. The molecule has 1 aliphatic rings. The van der Waals surface area contributed by atoms with Gasteiger partial charge in [-0.05, 0) is 84.0 Å². The number of benzene rings is 1. The molecule has 0 unspecified atom stereocenters. The van der Waals surface area contributed by atoms with Gasteiger partial charge in [0.15, 0.2) is 0 Å². The van der Waals surface area contributed by atoms with Crippen LogP contribution >= 0.6 is 50.5 Å². The molecule has 21 N–H and O–H groups in total. The zero-order chi connectivity index (χ0) is 74.3. The Kier molecular flexibility index (Phi) is 37.9. The van der Waals surface area contributed by atoms with Gasteiger partial charge in [0.25, 0.3) is 0 Å². The average Bonchev–Trinajstić information content (AvgIpc) is 0.999. The summed E-state index contributed by atoms with van der Waals surface area (Å²) in [7, 11) is 0. The third-order valence-electron chi connectivity index (χ3n) is 15.0. The number of amides is 15. The topological polar surface area (TPSA) is 561 Å². The van der Waals surface area contributed by atoms with Gasteiger partial charge in [-0.15, -0.1) is 0 Å². The van der Waals surface area contributed by atoms with Gasteiger partial charge < -0.3 is 106 Å². The van der Waals surface area contributed by atoms with Crippen molar-refractivity contribution in [3.05, 3.63) is 29.8 Å². The van der Waals surface area contributed by atoms with E-state index < -0.39 is 229 Å². The number of rotatable bonds is 42. The molecule has 1 fully saturated rings. The Bertz CT molecular complexity index is 2990. The highest BCUT2D eigenvalue weighted by molar-refractivity contribution is 7.80. The van der Waals surface area contributed by atoms with Crippen molar-refractivity contribution in [3.8, 4) is 5.75 Å². The van der Waals surface area contributed by atoms with Crippen LogP contribution in [-0.2, 0) is 83.1 Å². The first-order valence-corrected chi connectivity index (χ1v) is 33.6. The number of aliphatic carboxylic acids is 1. The molecule has 1 aromatic rings. The van der Waals surface area contributed by atoms with Gasteiger partial charge in [0.1, 0.15) is 78.3 Å². The summed E-state index contributed by atoms with van der Waals surface area (Å²) in [6.07, 6.45) is -3.04. The molecule has 40 heteroatoms. The Morgan fingerprint density at radius 2 is 0.888 bits per heavy atom. The molecule has 0 radical (unpaired) electrons. The highest BCUT2D eigenvalue weighted by atomic mass is 32.1. The number of phenols is 1. The molecular weight excluding hydrogens is 1370 g/mol. The highest BCUT2D eigenvalue weighted by Gasteiger charge is 2.37. The number of carbonyl (C=O) groups excluding carboxylic acids is 15. The molecular formula is C58H92N16O20S4. The standard InChI is InChI=1S/C58H92N16O20S4/c1-8-25(2)43(73-51(87)34(15-16-42(80)81)67-54(90)38(23-97)71-58(94)45(30(7)76)72-41(79)20-61-50(86)33-10-9-17-60-33)57(93)70-37(22-96)53(89)65-28(5)48(84)68-35(18-31-11-13-32(77)14-12-31)52(88)64-26(3)47(83)63-27(4)49(85)69-39(24-98)55(91)74-44(29(6)75)56(92)62-19-40(78)66-36(21-95)46(59)82/h11-14,25-30,33-39,43-45,60,75-77,95-98H,8-10,15-24H2,1-7H3,(H2,59,82)(H,61,86)(H,62,92)(H,63,83)(H,64,88)(H,65,89)(H,66,78)(H,67,90)(H,68,84)(H,69,85)(H,70,93)(H,71,94)(H,72,79)(H,73,87)(H,74,91)(H,80,81)/t25-,26-,27-,28-,29+,30+,33-,34-,35-,36-,37-,38-,39-,43-,44-,45-/m0/s1. The van der Waals surface area contributed by atoms with Crippen LogP contribution in [0.3, 0.4) is 0 Å². The number of aliphatic hydroxyl groups is 2. The minimum Gasteiger partial charge on any atom is -0.508 e. The maximum atomic E-state index is 14.1. The lowest BCUT2D eigenvalue weighted by molar-refractivity contribution is -0.139. The number of carboxylic acid groups (broad SMARTS) is 1. The predicted molar refractivity (Wildman–Crippen MR) is 363 cm³/mol. The number of aliphatic hydroxyl groups excluding tert-OH is 2. The summed E-state index contributed by atoms with van der Waals surface area (Å²) in [5, 5.41) is 76.3. The summed E-state index contributed by atoms with van der Waals surface area (Å²) in [5.74, 6) is -17.6. The number of phenolic OH excluding ortho intramolecular Hbond substituents is 1. The fourth-order valence-electron chi connectivity index (χ4n) is 8.92. The lowest BCUT2D eigenvalue weighted by Gasteiger charge is -2.29. The van der Waals surface area contributed by atoms with E-state index >= 15 is 0 Å². The van der Waals surface area contributed by atoms with Crippen LogP contribution in [-0.4, -0.2) is 248 Å². The number of hydrogen-bond donors (Lipinski definition) is 24. The number of nitrogens with one attached hydrogen (secondary N) is 15. The van der Waals surface area contributed by atoms with E-state index in [0.29, 0.717) is 18.5 Å². The molecule has 0 aromatic heterocycles. The summed E-state index contributed by atoms with van der Waals surface area (Å²) >= 11 is 16.4. The van der Waals surface area contributed by atoms with Crippen molar-refractivity contribution in [2.24, 2.45) is 11.7 Å². The first kappa shape index (κ1) is 85.9. The predicted octanol–water partition coefficient (Wildman–Crippen LogP) is -8.33. The summed E-state index contributed by atoms with van der Waals surface area (Å²) < 4.78 is 0. The van der Waals surface area contributed by atoms with Gasteiger partial charge in [0.2, 0.25) is 88.6 Å². The number of primary amides is 1. The maximum absolute atomic E-state index is 14.1. The molecule has 0 spiro atoms. The quantitative estimate of drug-likeness (QED) is 0.0270. The molecule has 1 aliphatic heterocycles. The molecule has 548 valence electrons. The number of hydrogen-bond acceptors (Lipinski definition) is 24. The summed E-state index contributed by atoms with van der Waals surface area (Å²) in [4.78, 5) is 210. The van der Waals surface area contributed by atoms with Crippen molar-refractivity contribution < 1.29 is 97.1 Å². The molecule has 0 saturated carbocycles. The monoisotopic (exact) mass is 1460 g/mol. The lowest BCUT2D eigenvalue weighted by Crippen LogP contribution is -2.62. The maximum Gasteiger partial charge on any atom is 0.303 e. The number of carbonyl (C=O) groups is 16.